The summed E-state index contributed by atoms with van der Waals surface area (Å²) in [5, 5.41) is 1.47. The van der Waals surface area contributed by atoms with Gasteiger partial charge in [-0.25, -0.2) is 0 Å². The van der Waals surface area contributed by atoms with Gasteiger partial charge in [-0.1, -0.05) is 30.7 Å². The van der Waals surface area contributed by atoms with Crippen LogP contribution in [0, 0.1) is 0 Å². The molecule has 2 N–H and O–H groups in total. The predicted octanol–water partition coefficient (Wildman–Crippen LogP) is 3.89. The van der Waals surface area contributed by atoms with Crippen molar-refractivity contribution < 1.29 is 4.74 Å². The highest BCUT2D eigenvalue weighted by molar-refractivity contribution is 8.00. The number of hydrogen-bond donors (Lipinski definition) is 1. The maximum atomic E-state index is 6.38. The third kappa shape index (κ3) is 4.38. The Balaban J connectivity index is 2.12. The summed E-state index contributed by atoms with van der Waals surface area (Å²) in [5.74, 6) is 0. The molecular weight excluding hydrogens is 278 g/mol. The normalized spacial score (nSPS) is 18.5. The maximum Gasteiger partial charge on any atom is 0.0544 e. The van der Waals surface area contributed by atoms with Gasteiger partial charge in [0.2, 0.25) is 0 Å². The lowest BCUT2D eigenvalue weighted by molar-refractivity contribution is 0.1000. The third-order valence-corrected chi connectivity index (χ3v) is 5.46. The first-order chi connectivity index (χ1) is 9.20. The fraction of sp³-hybridized carbons (Fsp3) is 0.600. The molecule has 1 fully saturated rings. The van der Waals surface area contributed by atoms with Crippen LogP contribution in [0.25, 0.3) is 0 Å². The number of nitrogens with two attached hydrogens (primary N) is 1. The molecule has 4 heteroatoms. The Bertz CT molecular complexity index is 407. The summed E-state index contributed by atoms with van der Waals surface area (Å²) in [6.07, 6.45) is 4.11. The van der Waals surface area contributed by atoms with E-state index in [2.05, 4.69) is 13.0 Å². The summed E-state index contributed by atoms with van der Waals surface area (Å²) in [5.41, 5.74) is 7.37. The molecular formula is C15H22ClNOS. The first kappa shape index (κ1) is 15.2. The summed E-state index contributed by atoms with van der Waals surface area (Å²) in [4.78, 5) is 1.22. The van der Waals surface area contributed by atoms with E-state index in [1.165, 1.54) is 10.5 Å². The van der Waals surface area contributed by atoms with E-state index in [1.54, 1.807) is 0 Å². The van der Waals surface area contributed by atoms with Gasteiger partial charge in [0.05, 0.1) is 5.02 Å². The quantitative estimate of drug-likeness (QED) is 0.896. The van der Waals surface area contributed by atoms with Crippen LogP contribution < -0.4 is 5.73 Å². The molecule has 106 valence electrons. The van der Waals surface area contributed by atoms with Gasteiger partial charge in [0.15, 0.2) is 0 Å². The van der Waals surface area contributed by atoms with Crippen molar-refractivity contribution in [3.63, 3.8) is 0 Å². The number of hydrogen-bond acceptors (Lipinski definition) is 3. The van der Waals surface area contributed by atoms with Crippen LogP contribution in [-0.4, -0.2) is 24.5 Å². The summed E-state index contributed by atoms with van der Waals surface area (Å²) >= 11 is 8.29. The van der Waals surface area contributed by atoms with Gasteiger partial charge in [-0.05, 0) is 37.3 Å². The molecule has 2 rings (SSSR count). The lowest BCUT2D eigenvalue weighted by Gasteiger charge is -2.23. The Morgan fingerprint density at radius 3 is 2.84 bits per heavy atom. The Hall–Kier alpha value is -0.220. The van der Waals surface area contributed by atoms with E-state index >= 15 is 0 Å². The van der Waals surface area contributed by atoms with Crippen LogP contribution >= 0.6 is 23.4 Å². The molecule has 1 atom stereocenters. The van der Waals surface area contributed by atoms with Crippen molar-refractivity contribution in [1.29, 1.82) is 0 Å². The molecule has 1 aliphatic rings. The minimum Gasteiger partial charge on any atom is -0.381 e. The van der Waals surface area contributed by atoms with Crippen LogP contribution in [0.4, 0.5) is 0 Å². The Labute approximate surface area is 125 Å². The molecule has 1 aromatic carbocycles. The van der Waals surface area contributed by atoms with E-state index in [0.717, 1.165) is 43.9 Å². The molecule has 0 aliphatic carbocycles. The van der Waals surface area contributed by atoms with Crippen molar-refractivity contribution in [2.75, 3.05) is 13.2 Å². The predicted molar refractivity (Wildman–Crippen MR) is 83.1 cm³/mol. The van der Waals surface area contributed by atoms with E-state index < -0.39 is 0 Å². The van der Waals surface area contributed by atoms with Crippen LogP contribution in [0.2, 0.25) is 5.02 Å². The zero-order chi connectivity index (χ0) is 13.7. The SMILES string of the molecule is CCC(N)Cc1cccc(Cl)c1SC1CCOCC1. The molecule has 0 saturated carbocycles. The van der Waals surface area contributed by atoms with E-state index in [9.17, 15) is 0 Å². The topological polar surface area (TPSA) is 35.2 Å². The molecule has 1 heterocycles. The highest BCUT2D eigenvalue weighted by Gasteiger charge is 2.19. The number of ether oxygens (including phenoxy) is 1. The molecule has 2 nitrogen and oxygen atoms in total. The van der Waals surface area contributed by atoms with Crippen molar-refractivity contribution in [2.45, 2.75) is 48.8 Å². The van der Waals surface area contributed by atoms with Crippen LogP contribution in [-0.2, 0) is 11.2 Å². The van der Waals surface area contributed by atoms with Gasteiger partial charge < -0.3 is 10.5 Å². The number of benzene rings is 1. The van der Waals surface area contributed by atoms with Crippen LogP contribution in [0.1, 0.15) is 31.7 Å². The molecule has 0 amide bonds. The first-order valence-corrected chi connectivity index (χ1v) is 8.23. The lowest BCUT2D eigenvalue weighted by Crippen LogP contribution is -2.22. The van der Waals surface area contributed by atoms with E-state index in [1.807, 2.05) is 23.9 Å². The highest BCUT2D eigenvalue weighted by atomic mass is 35.5. The smallest absolute Gasteiger partial charge is 0.0544 e. The Kier molecular flexibility index (Phi) is 6.02. The van der Waals surface area contributed by atoms with Crippen molar-refractivity contribution in [3.8, 4) is 0 Å². The van der Waals surface area contributed by atoms with E-state index in [4.69, 9.17) is 22.1 Å². The minimum absolute atomic E-state index is 0.215. The van der Waals surface area contributed by atoms with Gasteiger partial charge in [0.1, 0.15) is 0 Å². The number of thioether (sulfide) groups is 1. The van der Waals surface area contributed by atoms with Gasteiger partial charge in [-0.15, -0.1) is 11.8 Å². The van der Waals surface area contributed by atoms with Crippen molar-refractivity contribution in [2.24, 2.45) is 5.73 Å². The second-order valence-electron chi connectivity index (χ2n) is 5.03. The zero-order valence-electron chi connectivity index (χ0n) is 11.4. The highest BCUT2D eigenvalue weighted by Crippen LogP contribution is 2.37. The monoisotopic (exact) mass is 299 g/mol. The maximum absolute atomic E-state index is 6.38. The minimum atomic E-state index is 0.215. The number of rotatable bonds is 5. The molecule has 0 spiro atoms. The molecule has 1 unspecified atom stereocenters. The number of halogens is 1. The molecule has 0 radical (unpaired) electrons. The molecule has 0 aromatic heterocycles. The average molecular weight is 300 g/mol. The van der Waals surface area contributed by atoms with E-state index in [-0.39, 0.29) is 6.04 Å². The molecule has 0 bridgehead atoms. The Morgan fingerprint density at radius 2 is 2.16 bits per heavy atom. The van der Waals surface area contributed by atoms with Crippen molar-refractivity contribution in [1.82, 2.24) is 0 Å². The van der Waals surface area contributed by atoms with Gasteiger partial charge in [-0.3, -0.25) is 0 Å². The van der Waals surface area contributed by atoms with Gasteiger partial charge in [-0.2, -0.15) is 0 Å². The fourth-order valence-corrected chi connectivity index (χ4v) is 3.81. The zero-order valence-corrected chi connectivity index (χ0v) is 13.0. The molecule has 1 aliphatic heterocycles. The fourth-order valence-electron chi connectivity index (χ4n) is 2.23. The lowest BCUT2D eigenvalue weighted by atomic mass is 10.0. The van der Waals surface area contributed by atoms with Crippen molar-refractivity contribution >= 4 is 23.4 Å². The van der Waals surface area contributed by atoms with Crippen LogP contribution in [0.3, 0.4) is 0 Å². The third-order valence-electron chi connectivity index (χ3n) is 3.51. The van der Waals surface area contributed by atoms with Gasteiger partial charge in [0, 0.05) is 29.4 Å². The standard InChI is InChI=1S/C15H22ClNOS/c1-2-12(17)10-11-4-3-5-14(16)15(11)19-13-6-8-18-9-7-13/h3-5,12-13H,2,6-10,17H2,1H3. The first-order valence-electron chi connectivity index (χ1n) is 6.98. The largest absolute Gasteiger partial charge is 0.381 e. The van der Waals surface area contributed by atoms with Crippen LogP contribution in [0.5, 0.6) is 0 Å². The second-order valence-corrected chi connectivity index (χ2v) is 6.75. The molecule has 1 aromatic rings. The summed E-state index contributed by atoms with van der Waals surface area (Å²) in [6.45, 7) is 3.86. The van der Waals surface area contributed by atoms with E-state index in [0.29, 0.717) is 5.25 Å². The van der Waals surface area contributed by atoms with Crippen LogP contribution in [0.15, 0.2) is 23.1 Å². The average Bonchev–Trinajstić information content (AvgIpc) is 2.43. The second kappa shape index (κ2) is 7.53. The summed E-state index contributed by atoms with van der Waals surface area (Å²) in [6, 6.07) is 6.37. The molecule has 1 saturated heterocycles. The summed E-state index contributed by atoms with van der Waals surface area (Å²) < 4.78 is 5.41. The summed E-state index contributed by atoms with van der Waals surface area (Å²) in [7, 11) is 0. The van der Waals surface area contributed by atoms with Gasteiger partial charge >= 0.3 is 0 Å². The Morgan fingerprint density at radius 1 is 1.42 bits per heavy atom. The van der Waals surface area contributed by atoms with Gasteiger partial charge in [0.25, 0.3) is 0 Å². The molecule has 19 heavy (non-hydrogen) atoms. The van der Waals surface area contributed by atoms with Crippen molar-refractivity contribution in [3.05, 3.63) is 28.8 Å².